The lowest BCUT2D eigenvalue weighted by atomic mass is 9.91. The summed E-state index contributed by atoms with van der Waals surface area (Å²) >= 11 is 0. The van der Waals surface area contributed by atoms with Crippen molar-refractivity contribution in [2.24, 2.45) is 5.92 Å². The van der Waals surface area contributed by atoms with E-state index in [1.165, 1.54) is 52.1 Å². The molecule has 1 rings (SSSR count). The zero-order chi connectivity index (χ0) is 12.3. The Hall–Kier alpha value is -0.570. The van der Waals surface area contributed by atoms with Gasteiger partial charge in [-0.2, -0.15) is 0 Å². The van der Waals surface area contributed by atoms with Crippen molar-refractivity contribution in [1.82, 2.24) is 5.32 Å². The summed E-state index contributed by atoms with van der Waals surface area (Å²) in [6.07, 6.45) is 11.2. The minimum Gasteiger partial charge on any atom is -0.469 e. The van der Waals surface area contributed by atoms with Gasteiger partial charge in [0.1, 0.15) is 0 Å². The zero-order valence-electron chi connectivity index (χ0n) is 11.2. The van der Waals surface area contributed by atoms with E-state index < -0.39 is 0 Å². The molecule has 0 unspecified atom stereocenters. The van der Waals surface area contributed by atoms with Crippen molar-refractivity contribution >= 4 is 5.97 Å². The van der Waals surface area contributed by atoms with Gasteiger partial charge in [0.25, 0.3) is 0 Å². The SMILES string of the molecule is COC(=O)CCCNCC1CCCCCCC1. The Balaban J connectivity index is 1.98. The van der Waals surface area contributed by atoms with E-state index in [9.17, 15) is 4.79 Å². The molecule has 0 atom stereocenters. The summed E-state index contributed by atoms with van der Waals surface area (Å²) in [6.45, 7) is 2.06. The Labute approximate surface area is 105 Å². The summed E-state index contributed by atoms with van der Waals surface area (Å²) in [7, 11) is 1.45. The molecular weight excluding hydrogens is 214 g/mol. The van der Waals surface area contributed by atoms with Crippen LogP contribution in [0.3, 0.4) is 0 Å². The van der Waals surface area contributed by atoms with Crippen LogP contribution in [0, 0.1) is 5.92 Å². The molecule has 0 saturated heterocycles. The number of esters is 1. The van der Waals surface area contributed by atoms with E-state index in [0.717, 1.165) is 25.4 Å². The van der Waals surface area contributed by atoms with Crippen LogP contribution in [0.15, 0.2) is 0 Å². The van der Waals surface area contributed by atoms with Gasteiger partial charge in [-0.15, -0.1) is 0 Å². The lowest BCUT2D eigenvalue weighted by Gasteiger charge is -2.19. The van der Waals surface area contributed by atoms with Crippen LogP contribution in [0.4, 0.5) is 0 Å². The van der Waals surface area contributed by atoms with Crippen LogP contribution in [0.5, 0.6) is 0 Å². The largest absolute Gasteiger partial charge is 0.469 e. The Morgan fingerprint density at radius 1 is 1.18 bits per heavy atom. The Morgan fingerprint density at radius 2 is 1.82 bits per heavy atom. The van der Waals surface area contributed by atoms with Gasteiger partial charge >= 0.3 is 5.97 Å². The minimum atomic E-state index is -0.0993. The quantitative estimate of drug-likeness (QED) is 0.574. The predicted molar refractivity (Wildman–Crippen MR) is 69.9 cm³/mol. The molecule has 0 spiro atoms. The summed E-state index contributed by atoms with van der Waals surface area (Å²) < 4.78 is 4.61. The Morgan fingerprint density at radius 3 is 2.47 bits per heavy atom. The Kier molecular flexibility index (Phi) is 8.06. The normalized spacial score (nSPS) is 18.4. The number of carbonyl (C=O) groups is 1. The number of methoxy groups -OCH3 is 1. The minimum absolute atomic E-state index is 0.0993. The molecule has 0 aromatic carbocycles. The van der Waals surface area contributed by atoms with E-state index in [2.05, 4.69) is 10.1 Å². The van der Waals surface area contributed by atoms with Crippen LogP contribution in [-0.4, -0.2) is 26.2 Å². The first kappa shape index (κ1) is 14.5. The molecule has 1 aliphatic carbocycles. The molecule has 17 heavy (non-hydrogen) atoms. The van der Waals surface area contributed by atoms with Crippen LogP contribution < -0.4 is 5.32 Å². The third-order valence-corrected chi connectivity index (χ3v) is 3.62. The average Bonchev–Trinajstić information content (AvgIpc) is 2.30. The van der Waals surface area contributed by atoms with Crippen molar-refractivity contribution in [2.75, 3.05) is 20.2 Å². The van der Waals surface area contributed by atoms with Crippen LogP contribution in [0.25, 0.3) is 0 Å². The first-order valence-corrected chi connectivity index (χ1v) is 7.10. The van der Waals surface area contributed by atoms with E-state index in [0.29, 0.717) is 6.42 Å². The molecule has 1 fully saturated rings. The standard InChI is InChI=1S/C14H27NO2/c1-17-14(16)10-7-11-15-12-13-8-5-3-2-4-6-9-13/h13,15H,2-12H2,1H3. The fourth-order valence-electron chi connectivity index (χ4n) is 2.51. The highest BCUT2D eigenvalue weighted by Crippen LogP contribution is 2.21. The summed E-state index contributed by atoms with van der Waals surface area (Å²) in [5.74, 6) is 0.756. The van der Waals surface area contributed by atoms with Gasteiger partial charge in [0.2, 0.25) is 0 Å². The molecule has 0 aliphatic heterocycles. The van der Waals surface area contributed by atoms with E-state index in [4.69, 9.17) is 0 Å². The Bertz CT molecular complexity index is 198. The van der Waals surface area contributed by atoms with Crippen LogP contribution in [0.2, 0.25) is 0 Å². The molecule has 3 nitrogen and oxygen atoms in total. The second kappa shape index (κ2) is 9.46. The van der Waals surface area contributed by atoms with E-state index >= 15 is 0 Å². The fraction of sp³-hybridized carbons (Fsp3) is 0.929. The van der Waals surface area contributed by atoms with Gasteiger partial charge in [0.15, 0.2) is 0 Å². The van der Waals surface area contributed by atoms with Gasteiger partial charge < -0.3 is 10.1 Å². The smallest absolute Gasteiger partial charge is 0.305 e. The lowest BCUT2D eigenvalue weighted by Crippen LogP contribution is -2.25. The maximum atomic E-state index is 10.9. The van der Waals surface area contributed by atoms with E-state index in [1.807, 2.05) is 0 Å². The molecule has 1 aliphatic rings. The van der Waals surface area contributed by atoms with Gasteiger partial charge in [-0.3, -0.25) is 4.79 Å². The third-order valence-electron chi connectivity index (χ3n) is 3.62. The van der Waals surface area contributed by atoms with Crippen molar-refractivity contribution in [3.05, 3.63) is 0 Å². The maximum absolute atomic E-state index is 10.9. The van der Waals surface area contributed by atoms with E-state index in [-0.39, 0.29) is 5.97 Å². The molecule has 0 aromatic heterocycles. The number of carbonyl (C=O) groups excluding carboxylic acids is 1. The highest BCUT2D eigenvalue weighted by Gasteiger charge is 2.10. The summed E-state index contributed by atoms with van der Waals surface area (Å²) in [5.41, 5.74) is 0. The summed E-state index contributed by atoms with van der Waals surface area (Å²) in [6, 6.07) is 0. The molecule has 0 radical (unpaired) electrons. The second-order valence-corrected chi connectivity index (χ2v) is 5.09. The van der Waals surface area contributed by atoms with Crippen molar-refractivity contribution < 1.29 is 9.53 Å². The summed E-state index contributed by atoms with van der Waals surface area (Å²) in [5, 5.41) is 3.47. The molecular formula is C14H27NO2. The number of hydrogen-bond acceptors (Lipinski definition) is 3. The van der Waals surface area contributed by atoms with Crippen molar-refractivity contribution in [3.8, 4) is 0 Å². The zero-order valence-corrected chi connectivity index (χ0v) is 11.2. The van der Waals surface area contributed by atoms with Gasteiger partial charge in [-0.05, 0) is 38.3 Å². The topological polar surface area (TPSA) is 38.3 Å². The van der Waals surface area contributed by atoms with Gasteiger partial charge in [-0.25, -0.2) is 0 Å². The number of nitrogens with one attached hydrogen (secondary N) is 1. The van der Waals surface area contributed by atoms with E-state index in [1.54, 1.807) is 0 Å². The molecule has 1 N–H and O–H groups in total. The molecule has 0 bridgehead atoms. The van der Waals surface area contributed by atoms with Crippen LogP contribution in [0.1, 0.15) is 57.8 Å². The molecule has 1 saturated carbocycles. The van der Waals surface area contributed by atoms with Crippen molar-refractivity contribution in [2.45, 2.75) is 57.8 Å². The monoisotopic (exact) mass is 241 g/mol. The van der Waals surface area contributed by atoms with Crippen LogP contribution in [-0.2, 0) is 9.53 Å². The fourth-order valence-corrected chi connectivity index (χ4v) is 2.51. The molecule has 0 heterocycles. The molecule has 0 aromatic rings. The summed E-state index contributed by atoms with van der Waals surface area (Å²) in [4.78, 5) is 10.9. The van der Waals surface area contributed by atoms with Crippen molar-refractivity contribution in [1.29, 1.82) is 0 Å². The first-order valence-electron chi connectivity index (χ1n) is 7.10. The highest BCUT2D eigenvalue weighted by molar-refractivity contribution is 5.69. The average molecular weight is 241 g/mol. The first-order chi connectivity index (χ1) is 8.33. The predicted octanol–water partition coefficient (Wildman–Crippen LogP) is 2.89. The lowest BCUT2D eigenvalue weighted by molar-refractivity contribution is -0.140. The molecule has 3 heteroatoms. The molecule has 100 valence electrons. The maximum Gasteiger partial charge on any atom is 0.305 e. The number of ether oxygens (including phenoxy) is 1. The second-order valence-electron chi connectivity index (χ2n) is 5.09. The third kappa shape index (κ3) is 7.37. The van der Waals surface area contributed by atoms with Gasteiger partial charge in [0.05, 0.1) is 7.11 Å². The highest BCUT2D eigenvalue weighted by atomic mass is 16.5. The number of hydrogen-bond donors (Lipinski definition) is 1. The molecule has 0 amide bonds. The number of rotatable bonds is 6. The van der Waals surface area contributed by atoms with Gasteiger partial charge in [0, 0.05) is 6.42 Å². The van der Waals surface area contributed by atoms with Crippen molar-refractivity contribution in [3.63, 3.8) is 0 Å². The van der Waals surface area contributed by atoms with Crippen LogP contribution >= 0.6 is 0 Å². The van der Waals surface area contributed by atoms with Gasteiger partial charge in [-0.1, -0.05) is 32.1 Å².